The number of carbonyl (C=O) groups is 4. The maximum absolute atomic E-state index is 12.4. The third-order valence-corrected chi connectivity index (χ3v) is 4.40. The lowest BCUT2D eigenvalue weighted by Gasteiger charge is -2.42. The van der Waals surface area contributed by atoms with Crippen LogP contribution in [0, 0.1) is 5.41 Å². The number of piperidine rings is 1. The first-order valence-corrected chi connectivity index (χ1v) is 7.50. The largest absolute Gasteiger partial charge is 0.340 e. The molecule has 0 aliphatic carbocycles. The number of hydrogen-bond acceptors (Lipinski definition) is 5. The van der Waals surface area contributed by atoms with Gasteiger partial charge in [0, 0.05) is 25.7 Å². The average Bonchev–Trinajstić information content (AvgIpc) is 2.68. The zero-order valence-corrected chi connectivity index (χ0v) is 13.4. The van der Waals surface area contributed by atoms with Crippen LogP contribution in [0.15, 0.2) is 12.7 Å². The van der Waals surface area contributed by atoms with Gasteiger partial charge in [-0.15, -0.1) is 6.58 Å². The van der Waals surface area contributed by atoms with Crippen molar-refractivity contribution in [1.82, 2.24) is 14.7 Å². The summed E-state index contributed by atoms with van der Waals surface area (Å²) >= 11 is 0. The highest BCUT2D eigenvalue weighted by atomic mass is 16.2. The van der Waals surface area contributed by atoms with Crippen LogP contribution in [0.2, 0.25) is 0 Å². The summed E-state index contributed by atoms with van der Waals surface area (Å²) in [6.07, 6.45) is 2.01. The van der Waals surface area contributed by atoms with Gasteiger partial charge in [-0.05, 0) is 11.8 Å². The van der Waals surface area contributed by atoms with Crippen LogP contribution in [0.3, 0.4) is 0 Å². The lowest BCUT2D eigenvalue weighted by atomic mass is 9.79. The smallest absolute Gasteiger partial charge is 0.335 e. The maximum Gasteiger partial charge on any atom is 0.335 e. The van der Waals surface area contributed by atoms with Crippen LogP contribution in [-0.2, 0) is 14.4 Å². The minimum Gasteiger partial charge on any atom is -0.340 e. The van der Waals surface area contributed by atoms with Crippen LogP contribution >= 0.6 is 0 Å². The lowest BCUT2D eigenvalue weighted by Crippen LogP contribution is -2.55. The molecule has 0 spiro atoms. The summed E-state index contributed by atoms with van der Waals surface area (Å²) in [4.78, 5) is 51.2. The van der Waals surface area contributed by atoms with Gasteiger partial charge >= 0.3 is 17.8 Å². The van der Waals surface area contributed by atoms with E-state index in [2.05, 4.69) is 6.58 Å². The van der Waals surface area contributed by atoms with Crippen molar-refractivity contribution in [2.24, 2.45) is 11.1 Å². The molecule has 1 atom stereocenters. The number of hydrogen-bond donors (Lipinski definition) is 1. The molecule has 23 heavy (non-hydrogen) atoms. The second-order valence-corrected chi connectivity index (χ2v) is 6.58. The Morgan fingerprint density at radius 3 is 2.48 bits per heavy atom. The topological polar surface area (TPSA) is 104 Å². The monoisotopic (exact) mass is 322 g/mol. The van der Waals surface area contributed by atoms with E-state index < -0.39 is 24.4 Å². The number of carbonyl (C=O) groups excluding carboxylic acids is 4. The first-order chi connectivity index (χ1) is 10.7. The van der Waals surface area contributed by atoms with Crippen molar-refractivity contribution in [2.75, 3.05) is 26.2 Å². The summed E-state index contributed by atoms with van der Waals surface area (Å²) in [5.41, 5.74) is 5.80. The number of nitrogens with two attached hydrogens (primary N) is 1. The van der Waals surface area contributed by atoms with Crippen molar-refractivity contribution >= 4 is 23.8 Å². The quantitative estimate of drug-likeness (QED) is 0.429. The number of nitrogens with zero attached hydrogens (tertiary/aromatic N) is 3. The molecule has 126 valence electrons. The lowest BCUT2D eigenvalue weighted by molar-refractivity contribution is -0.145. The van der Waals surface area contributed by atoms with Gasteiger partial charge in [0.05, 0.1) is 0 Å². The van der Waals surface area contributed by atoms with E-state index in [4.69, 9.17) is 5.73 Å². The van der Waals surface area contributed by atoms with Gasteiger partial charge in [-0.3, -0.25) is 19.3 Å². The fourth-order valence-electron chi connectivity index (χ4n) is 2.80. The summed E-state index contributed by atoms with van der Waals surface area (Å²) in [6, 6.07) is -0.785. The molecule has 0 saturated carbocycles. The Hall–Kier alpha value is -2.22. The van der Waals surface area contributed by atoms with Gasteiger partial charge < -0.3 is 10.6 Å². The Kier molecular flexibility index (Phi) is 4.56. The molecule has 2 aliphatic heterocycles. The second-order valence-electron chi connectivity index (χ2n) is 6.58. The van der Waals surface area contributed by atoms with Crippen LogP contribution in [0.25, 0.3) is 0 Å². The molecule has 2 N–H and O–H groups in total. The zero-order valence-electron chi connectivity index (χ0n) is 13.4. The van der Waals surface area contributed by atoms with E-state index in [1.165, 1.54) is 6.08 Å². The normalized spacial score (nSPS) is 24.4. The minimum absolute atomic E-state index is 0.00809. The first-order valence-electron chi connectivity index (χ1n) is 7.50. The van der Waals surface area contributed by atoms with Crippen LogP contribution < -0.4 is 5.73 Å². The highest BCUT2D eigenvalue weighted by molar-refractivity contribution is 6.45. The molecule has 0 radical (unpaired) electrons. The highest BCUT2D eigenvalue weighted by Gasteiger charge is 2.45. The highest BCUT2D eigenvalue weighted by Crippen LogP contribution is 2.27. The molecule has 2 heterocycles. The first kappa shape index (κ1) is 17.1. The van der Waals surface area contributed by atoms with Crippen molar-refractivity contribution < 1.29 is 19.2 Å². The number of urea groups is 1. The molecule has 2 fully saturated rings. The van der Waals surface area contributed by atoms with Crippen molar-refractivity contribution in [1.29, 1.82) is 0 Å². The molecule has 0 aromatic heterocycles. The third kappa shape index (κ3) is 3.12. The van der Waals surface area contributed by atoms with Gasteiger partial charge in [0.15, 0.2) is 0 Å². The van der Waals surface area contributed by atoms with Crippen molar-refractivity contribution in [3.63, 3.8) is 0 Å². The van der Waals surface area contributed by atoms with Crippen molar-refractivity contribution in [3.8, 4) is 0 Å². The third-order valence-electron chi connectivity index (χ3n) is 4.40. The Labute approximate surface area is 134 Å². The van der Waals surface area contributed by atoms with Crippen molar-refractivity contribution in [3.05, 3.63) is 12.7 Å². The molecule has 0 aromatic rings. The summed E-state index contributed by atoms with van der Waals surface area (Å²) in [7, 11) is 0. The molecule has 0 aromatic carbocycles. The van der Waals surface area contributed by atoms with Crippen LogP contribution in [-0.4, -0.2) is 70.7 Å². The van der Waals surface area contributed by atoms with Gasteiger partial charge in [0.2, 0.25) is 5.91 Å². The van der Waals surface area contributed by atoms with E-state index in [-0.39, 0.29) is 23.9 Å². The van der Waals surface area contributed by atoms with E-state index in [0.29, 0.717) is 24.4 Å². The molecule has 2 aliphatic rings. The summed E-state index contributed by atoms with van der Waals surface area (Å²) in [6.45, 7) is 7.82. The summed E-state index contributed by atoms with van der Waals surface area (Å²) < 4.78 is 0. The molecule has 2 saturated heterocycles. The number of amides is 5. The molecule has 2 rings (SSSR count). The Balaban J connectivity index is 2.06. The number of rotatable bonds is 4. The van der Waals surface area contributed by atoms with Gasteiger partial charge in [-0.25, -0.2) is 9.69 Å². The predicted octanol–water partition coefficient (Wildman–Crippen LogP) is -0.451. The second kappa shape index (κ2) is 6.11. The Morgan fingerprint density at radius 2 is 1.91 bits per heavy atom. The molecular weight excluding hydrogens is 300 g/mol. The molecule has 1 unspecified atom stereocenters. The van der Waals surface area contributed by atoms with E-state index in [1.54, 1.807) is 4.90 Å². The molecule has 5 amide bonds. The van der Waals surface area contributed by atoms with Crippen LogP contribution in [0.1, 0.15) is 20.3 Å². The van der Waals surface area contributed by atoms with E-state index in [0.717, 1.165) is 4.90 Å². The molecule has 8 heteroatoms. The summed E-state index contributed by atoms with van der Waals surface area (Å²) in [5.74, 6) is -2.26. The van der Waals surface area contributed by atoms with Crippen LogP contribution in [0.5, 0.6) is 0 Å². The minimum atomic E-state index is -0.974. The number of likely N-dealkylation sites (tertiary alicyclic amines) is 1. The van der Waals surface area contributed by atoms with Crippen LogP contribution in [0.4, 0.5) is 4.79 Å². The SMILES string of the molecule is C=CCN1C(=O)C(=O)N(CC(=O)N2CCC(N)C(C)(C)C2)C1=O. The van der Waals surface area contributed by atoms with Gasteiger partial charge in [-0.2, -0.15) is 0 Å². The predicted molar refractivity (Wildman–Crippen MR) is 82.0 cm³/mol. The molecule has 8 nitrogen and oxygen atoms in total. The average molecular weight is 322 g/mol. The van der Waals surface area contributed by atoms with Gasteiger partial charge in [0.1, 0.15) is 6.54 Å². The van der Waals surface area contributed by atoms with E-state index in [1.807, 2.05) is 13.8 Å². The van der Waals surface area contributed by atoms with E-state index in [9.17, 15) is 19.2 Å². The van der Waals surface area contributed by atoms with Gasteiger partial charge in [-0.1, -0.05) is 19.9 Å². The Bertz CT molecular complexity index is 572. The summed E-state index contributed by atoms with van der Waals surface area (Å²) in [5, 5.41) is 0. The van der Waals surface area contributed by atoms with Gasteiger partial charge in [0.25, 0.3) is 0 Å². The zero-order chi connectivity index (χ0) is 17.4. The van der Waals surface area contributed by atoms with E-state index >= 15 is 0 Å². The van der Waals surface area contributed by atoms with Crippen molar-refractivity contribution in [2.45, 2.75) is 26.3 Å². The fourth-order valence-corrected chi connectivity index (χ4v) is 2.80. The number of imide groups is 2. The maximum atomic E-state index is 12.4. The fraction of sp³-hybridized carbons (Fsp3) is 0.600. The molecular formula is C15H22N4O4. The standard InChI is InChI=1S/C15H22N4O4/c1-4-6-18-12(21)13(22)19(14(18)23)8-11(20)17-7-5-10(16)15(2,3)9-17/h4,10H,1,5-9,16H2,2-3H3. The Morgan fingerprint density at radius 1 is 1.30 bits per heavy atom. The molecule has 0 bridgehead atoms.